The van der Waals surface area contributed by atoms with E-state index in [1.807, 2.05) is 37.3 Å². The fraction of sp³-hybridized carbons (Fsp3) is 0.250. The summed E-state index contributed by atoms with van der Waals surface area (Å²) in [5.74, 6) is 0.832. The summed E-state index contributed by atoms with van der Waals surface area (Å²) in [4.78, 5) is 0. The van der Waals surface area contributed by atoms with E-state index in [4.69, 9.17) is 9.94 Å². The average Bonchev–Trinajstić information content (AvgIpc) is 2.31. The van der Waals surface area contributed by atoms with E-state index in [0.29, 0.717) is 12.1 Å². The van der Waals surface area contributed by atoms with Gasteiger partial charge in [0.1, 0.15) is 5.75 Å². The maximum atomic E-state index is 8.60. The summed E-state index contributed by atoms with van der Waals surface area (Å²) >= 11 is 0. The lowest BCUT2D eigenvalue weighted by Gasteiger charge is -1.99. The SMILES string of the molecule is CCC(/C=C/c1ccc(OC)cc1)=N/O. The number of nitrogens with zero attached hydrogens (tertiary/aromatic N) is 1. The van der Waals surface area contributed by atoms with Crippen molar-refractivity contribution in [1.82, 2.24) is 0 Å². The molecule has 0 bridgehead atoms. The van der Waals surface area contributed by atoms with Crippen molar-refractivity contribution in [3.05, 3.63) is 35.9 Å². The Hall–Kier alpha value is -1.77. The second kappa shape index (κ2) is 5.86. The van der Waals surface area contributed by atoms with E-state index >= 15 is 0 Å². The maximum absolute atomic E-state index is 8.60. The van der Waals surface area contributed by atoms with E-state index < -0.39 is 0 Å². The third kappa shape index (κ3) is 3.46. The highest BCUT2D eigenvalue weighted by atomic mass is 16.5. The molecule has 1 rings (SSSR count). The highest BCUT2D eigenvalue weighted by molar-refractivity contribution is 5.97. The van der Waals surface area contributed by atoms with Crippen LogP contribution in [0.3, 0.4) is 0 Å². The molecular formula is C12H15NO2. The molecule has 0 aliphatic heterocycles. The molecule has 0 saturated heterocycles. The van der Waals surface area contributed by atoms with Crippen LogP contribution in [0.25, 0.3) is 6.08 Å². The van der Waals surface area contributed by atoms with Gasteiger partial charge in [0.25, 0.3) is 0 Å². The molecule has 15 heavy (non-hydrogen) atoms. The zero-order chi connectivity index (χ0) is 11.1. The van der Waals surface area contributed by atoms with Crippen molar-refractivity contribution in [3.8, 4) is 5.75 Å². The molecule has 0 radical (unpaired) electrons. The molecule has 1 N–H and O–H groups in total. The van der Waals surface area contributed by atoms with Gasteiger partial charge >= 0.3 is 0 Å². The smallest absolute Gasteiger partial charge is 0.118 e. The minimum Gasteiger partial charge on any atom is -0.497 e. The molecule has 3 nitrogen and oxygen atoms in total. The van der Waals surface area contributed by atoms with Crippen molar-refractivity contribution in [2.75, 3.05) is 7.11 Å². The van der Waals surface area contributed by atoms with Crippen LogP contribution < -0.4 is 4.74 Å². The molecule has 0 amide bonds. The predicted molar refractivity (Wildman–Crippen MR) is 61.5 cm³/mol. The number of oxime groups is 1. The van der Waals surface area contributed by atoms with Gasteiger partial charge in [0.15, 0.2) is 0 Å². The van der Waals surface area contributed by atoms with Gasteiger partial charge in [-0.1, -0.05) is 30.3 Å². The molecule has 0 aromatic heterocycles. The molecule has 1 aromatic carbocycles. The van der Waals surface area contributed by atoms with Gasteiger partial charge in [-0.15, -0.1) is 0 Å². The molecule has 0 aliphatic rings. The molecule has 0 atom stereocenters. The Bertz CT molecular complexity index is 352. The Morgan fingerprint density at radius 3 is 2.53 bits per heavy atom. The second-order valence-corrected chi connectivity index (χ2v) is 3.05. The number of ether oxygens (including phenoxy) is 1. The molecule has 0 aliphatic carbocycles. The number of hydrogen-bond acceptors (Lipinski definition) is 3. The molecule has 0 unspecified atom stereocenters. The van der Waals surface area contributed by atoms with Crippen LogP contribution in [-0.4, -0.2) is 18.0 Å². The van der Waals surface area contributed by atoms with Gasteiger partial charge < -0.3 is 9.94 Å². The van der Waals surface area contributed by atoms with Crippen molar-refractivity contribution in [2.24, 2.45) is 5.16 Å². The van der Waals surface area contributed by atoms with E-state index in [9.17, 15) is 0 Å². The Morgan fingerprint density at radius 1 is 1.40 bits per heavy atom. The summed E-state index contributed by atoms with van der Waals surface area (Å²) in [6.07, 6.45) is 4.41. The van der Waals surface area contributed by atoms with Crippen molar-refractivity contribution in [2.45, 2.75) is 13.3 Å². The highest BCUT2D eigenvalue weighted by Crippen LogP contribution is 2.12. The second-order valence-electron chi connectivity index (χ2n) is 3.05. The van der Waals surface area contributed by atoms with Crippen LogP contribution in [-0.2, 0) is 0 Å². The average molecular weight is 205 g/mol. The van der Waals surface area contributed by atoms with Crippen molar-refractivity contribution in [3.63, 3.8) is 0 Å². The van der Waals surface area contributed by atoms with Gasteiger partial charge in [-0.25, -0.2) is 0 Å². The van der Waals surface area contributed by atoms with Crippen LogP contribution >= 0.6 is 0 Å². The highest BCUT2D eigenvalue weighted by Gasteiger charge is 1.92. The maximum Gasteiger partial charge on any atom is 0.118 e. The van der Waals surface area contributed by atoms with E-state index in [1.54, 1.807) is 13.2 Å². The summed E-state index contributed by atoms with van der Waals surface area (Å²) in [5, 5.41) is 11.8. The van der Waals surface area contributed by atoms with E-state index in [1.165, 1.54) is 0 Å². The molecule has 0 spiro atoms. The molecule has 0 heterocycles. The minimum atomic E-state index is 0.658. The first-order valence-corrected chi connectivity index (χ1v) is 4.83. The number of benzene rings is 1. The largest absolute Gasteiger partial charge is 0.497 e. The first kappa shape index (κ1) is 11.3. The van der Waals surface area contributed by atoms with Crippen LogP contribution in [0, 0.1) is 0 Å². The van der Waals surface area contributed by atoms with Crippen molar-refractivity contribution >= 4 is 11.8 Å². The van der Waals surface area contributed by atoms with E-state index in [-0.39, 0.29) is 0 Å². The number of methoxy groups -OCH3 is 1. The predicted octanol–water partition coefficient (Wildman–Crippen LogP) is 2.95. The van der Waals surface area contributed by atoms with Gasteiger partial charge in [-0.05, 0) is 30.2 Å². The zero-order valence-corrected chi connectivity index (χ0v) is 8.97. The summed E-state index contributed by atoms with van der Waals surface area (Å²) in [7, 11) is 1.64. The van der Waals surface area contributed by atoms with Gasteiger partial charge in [0.05, 0.1) is 12.8 Å². The van der Waals surface area contributed by atoms with Crippen LogP contribution in [0.1, 0.15) is 18.9 Å². The third-order valence-corrected chi connectivity index (χ3v) is 2.07. The number of hydrogen-bond donors (Lipinski definition) is 1. The molecule has 1 aromatic rings. The lowest BCUT2D eigenvalue weighted by atomic mass is 10.1. The molecule has 0 fully saturated rings. The van der Waals surface area contributed by atoms with Crippen LogP contribution in [0.15, 0.2) is 35.5 Å². The Kier molecular flexibility index (Phi) is 4.41. The normalized spacial score (nSPS) is 12.0. The van der Waals surface area contributed by atoms with Crippen molar-refractivity contribution in [1.29, 1.82) is 0 Å². The van der Waals surface area contributed by atoms with Crippen LogP contribution in [0.2, 0.25) is 0 Å². The lowest BCUT2D eigenvalue weighted by Crippen LogP contribution is -1.89. The van der Waals surface area contributed by atoms with E-state index in [2.05, 4.69) is 5.16 Å². The van der Waals surface area contributed by atoms with E-state index in [0.717, 1.165) is 11.3 Å². The lowest BCUT2D eigenvalue weighted by molar-refractivity contribution is 0.318. The number of rotatable bonds is 4. The van der Waals surface area contributed by atoms with Gasteiger partial charge in [0, 0.05) is 0 Å². The first-order valence-electron chi connectivity index (χ1n) is 4.83. The number of allylic oxidation sites excluding steroid dienone is 1. The Morgan fingerprint density at radius 2 is 2.07 bits per heavy atom. The zero-order valence-electron chi connectivity index (χ0n) is 8.97. The summed E-state index contributed by atoms with van der Waals surface area (Å²) in [6, 6.07) is 7.67. The molecule has 80 valence electrons. The summed E-state index contributed by atoms with van der Waals surface area (Å²) in [5.41, 5.74) is 1.70. The molecule has 3 heteroatoms. The quantitative estimate of drug-likeness (QED) is 0.466. The third-order valence-electron chi connectivity index (χ3n) is 2.07. The van der Waals surface area contributed by atoms with Crippen molar-refractivity contribution < 1.29 is 9.94 Å². The van der Waals surface area contributed by atoms with Crippen LogP contribution in [0.5, 0.6) is 5.75 Å². The van der Waals surface area contributed by atoms with Crippen LogP contribution in [0.4, 0.5) is 0 Å². The Labute approximate surface area is 89.7 Å². The minimum absolute atomic E-state index is 0.658. The topological polar surface area (TPSA) is 41.8 Å². The first-order chi connectivity index (χ1) is 7.30. The molecular weight excluding hydrogens is 190 g/mol. The summed E-state index contributed by atoms with van der Waals surface area (Å²) in [6.45, 7) is 1.94. The molecule has 0 saturated carbocycles. The standard InChI is InChI=1S/C12H15NO2/c1-3-11(13-14)7-4-10-5-8-12(15-2)9-6-10/h4-9,14H,3H2,1-2H3/b7-4+,13-11-. The monoisotopic (exact) mass is 205 g/mol. The Balaban J connectivity index is 2.72. The fourth-order valence-electron chi connectivity index (χ4n) is 1.13. The fourth-order valence-corrected chi connectivity index (χ4v) is 1.13. The van der Waals surface area contributed by atoms with Gasteiger partial charge in [-0.3, -0.25) is 0 Å². The van der Waals surface area contributed by atoms with Gasteiger partial charge in [0.2, 0.25) is 0 Å². The van der Waals surface area contributed by atoms with Gasteiger partial charge in [-0.2, -0.15) is 0 Å². The summed E-state index contributed by atoms with van der Waals surface area (Å²) < 4.78 is 5.05.